The average molecular weight is 426 g/mol. The van der Waals surface area contributed by atoms with Gasteiger partial charge in [0.15, 0.2) is 0 Å². The van der Waals surface area contributed by atoms with E-state index in [2.05, 4.69) is 10.6 Å². The molecule has 0 saturated carbocycles. The van der Waals surface area contributed by atoms with E-state index in [1.165, 1.54) is 0 Å². The fourth-order valence-corrected chi connectivity index (χ4v) is 3.56. The molecule has 0 aliphatic carbocycles. The third-order valence-corrected chi connectivity index (χ3v) is 5.27. The van der Waals surface area contributed by atoms with E-state index < -0.39 is 0 Å². The second-order valence-corrected chi connectivity index (χ2v) is 7.68. The number of ether oxygens (including phenoxy) is 2. The lowest BCUT2D eigenvalue weighted by Crippen LogP contribution is -2.50. The van der Waals surface area contributed by atoms with Gasteiger partial charge in [0.1, 0.15) is 5.75 Å². The molecule has 1 saturated heterocycles. The first kappa shape index (κ1) is 22.6. The Kier molecular flexibility index (Phi) is 8.29. The van der Waals surface area contributed by atoms with Gasteiger partial charge in [-0.3, -0.25) is 4.79 Å². The van der Waals surface area contributed by atoms with Crippen molar-refractivity contribution in [1.29, 1.82) is 0 Å². The largest absolute Gasteiger partial charge is 0.497 e. The van der Waals surface area contributed by atoms with Crippen LogP contribution < -0.4 is 15.4 Å². The summed E-state index contributed by atoms with van der Waals surface area (Å²) in [7, 11) is 1.64. The molecule has 1 fully saturated rings. The number of carbonyl (C=O) groups is 2. The Morgan fingerprint density at radius 1 is 1.10 bits per heavy atom. The highest BCUT2D eigenvalue weighted by molar-refractivity contribution is 5.89. The van der Waals surface area contributed by atoms with Gasteiger partial charge in [0.05, 0.1) is 20.3 Å². The summed E-state index contributed by atoms with van der Waals surface area (Å²) in [6, 6.07) is 15.3. The number of nitrogens with one attached hydrogen (secondary N) is 2. The number of rotatable bonds is 8. The zero-order valence-corrected chi connectivity index (χ0v) is 18.2. The minimum absolute atomic E-state index is 0.0182. The van der Waals surface area contributed by atoms with E-state index in [-0.39, 0.29) is 18.0 Å². The van der Waals surface area contributed by atoms with Crippen molar-refractivity contribution in [3.8, 4) is 5.75 Å². The number of benzene rings is 2. The summed E-state index contributed by atoms with van der Waals surface area (Å²) >= 11 is 0. The number of urea groups is 1. The van der Waals surface area contributed by atoms with Crippen LogP contribution in [0.5, 0.6) is 5.75 Å². The number of likely N-dealkylation sites (tertiary alicyclic amines) is 1. The Balaban J connectivity index is 1.48. The number of amides is 3. The Hall–Kier alpha value is -3.06. The lowest BCUT2D eigenvalue weighted by molar-refractivity contribution is -0.121. The zero-order valence-electron chi connectivity index (χ0n) is 18.2. The van der Waals surface area contributed by atoms with E-state index in [9.17, 15) is 9.59 Å². The molecule has 3 amide bonds. The SMILES string of the molecule is CCC(=O)NC1CCCN(C(=O)Nc2cccc(COCc3ccc(OC)cc3)c2)C1. The molecule has 1 aliphatic rings. The zero-order chi connectivity index (χ0) is 22.1. The second-order valence-electron chi connectivity index (χ2n) is 7.68. The molecule has 2 aromatic carbocycles. The quantitative estimate of drug-likeness (QED) is 0.672. The van der Waals surface area contributed by atoms with E-state index in [4.69, 9.17) is 9.47 Å². The standard InChI is InChI=1S/C24H31N3O4/c1-3-23(28)25-21-8-5-13-27(15-21)24(29)26-20-7-4-6-19(14-20)17-31-16-18-9-11-22(30-2)12-10-18/h4,6-7,9-12,14,21H,3,5,8,13,15-17H2,1-2H3,(H,25,28)(H,26,29). The molecule has 7 nitrogen and oxygen atoms in total. The van der Waals surface area contributed by atoms with Gasteiger partial charge in [-0.25, -0.2) is 4.79 Å². The number of hydrogen-bond acceptors (Lipinski definition) is 4. The van der Waals surface area contributed by atoms with Crippen molar-refractivity contribution in [1.82, 2.24) is 10.2 Å². The lowest BCUT2D eigenvalue weighted by atomic mass is 10.1. The molecule has 31 heavy (non-hydrogen) atoms. The van der Waals surface area contributed by atoms with E-state index in [0.29, 0.717) is 32.7 Å². The number of carbonyl (C=O) groups excluding carboxylic acids is 2. The third kappa shape index (κ3) is 7.00. The van der Waals surface area contributed by atoms with Gasteiger partial charge >= 0.3 is 6.03 Å². The highest BCUT2D eigenvalue weighted by Crippen LogP contribution is 2.17. The normalized spacial score (nSPS) is 15.9. The second kappa shape index (κ2) is 11.4. The van der Waals surface area contributed by atoms with Crippen LogP contribution in [0.15, 0.2) is 48.5 Å². The smallest absolute Gasteiger partial charge is 0.321 e. The molecule has 2 N–H and O–H groups in total. The summed E-state index contributed by atoms with van der Waals surface area (Å²) in [5.41, 5.74) is 2.79. The molecular weight excluding hydrogens is 394 g/mol. The molecule has 0 bridgehead atoms. The average Bonchev–Trinajstić information content (AvgIpc) is 2.80. The summed E-state index contributed by atoms with van der Waals surface area (Å²) in [6.07, 6.45) is 2.23. The fourth-order valence-electron chi connectivity index (χ4n) is 3.56. The number of anilines is 1. The summed E-state index contributed by atoms with van der Waals surface area (Å²) in [6.45, 7) is 4.00. The molecule has 0 spiro atoms. The summed E-state index contributed by atoms with van der Waals surface area (Å²) in [4.78, 5) is 26.1. The number of hydrogen-bond donors (Lipinski definition) is 2. The van der Waals surface area contributed by atoms with Gasteiger partial charge in [-0.1, -0.05) is 31.2 Å². The van der Waals surface area contributed by atoms with Gasteiger partial charge in [-0.2, -0.15) is 0 Å². The Bertz CT molecular complexity index is 869. The Morgan fingerprint density at radius 2 is 1.87 bits per heavy atom. The first-order valence-electron chi connectivity index (χ1n) is 10.7. The maximum atomic E-state index is 12.7. The third-order valence-electron chi connectivity index (χ3n) is 5.27. The molecule has 7 heteroatoms. The molecule has 1 atom stereocenters. The van der Waals surface area contributed by atoms with Gasteiger partial charge in [0, 0.05) is 31.2 Å². The topological polar surface area (TPSA) is 79.9 Å². The molecule has 166 valence electrons. The molecule has 1 aliphatic heterocycles. The predicted molar refractivity (Wildman–Crippen MR) is 120 cm³/mol. The lowest BCUT2D eigenvalue weighted by Gasteiger charge is -2.33. The van der Waals surface area contributed by atoms with E-state index in [1.807, 2.05) is 55.5 Å². The highest BCUT2D eigenvalue weighted by atomic mass is 16.5. The van der Waals surface area contributed by atoms with Crippen molar-refractivity contribution < 1.29 is 19.1 Å². The van der Waals surface area contributed by atoms with E-state index in [1.54, 1.807) is 12.0 Å². The monoisotopic (exact) mass is 425 g/mol. The van der Waals surface area contributed by atoms with Crippen molar-refractivity contribution in [2.24, 2.45) is 0 Å². The van der Waals surface area contributed by atoms with Crippen LogP contribution in [0.25, 0.3) is 0 Å². The van der Waals surface area contributed by atoms with Crippen molar-refractivity contribution in [2.45, 2.75) is 45.4 Å². The summed E-state index contributed by atoms with van der Waals surface area (Å²) < 4.78 is 11.0. The van der Waals surface area contributed by atoms with Gasteiger partial charge in [-0.05, 0) is 48.2 Å². The van der Waals surface area contributed by atoms with Crippen LogP contribution in [0.2, 0.25) is 0 Å². The number of piperidine rings is 1. The van der Waals surface area contributed by atoms with Crippen molar-refractivity contribution in [3.63, 3.8) is 0 Å². The molecule has 0 aromatic heterocycles. The van der Waals surface area contributed by atoms with Crippen molar-refractivity contribution in [2.75, 3.05) is 25.5 Å². The Labute approximate surface area is 183 Å². The van der Waals surface area contributed by atoms with Crippen LogP contribution in [0.3, 0.4) is 0 Å². The van der Waals surface area contributed by atoms with Gasteiger partial charge in [0.2, 0.25) is 5.91 Å². The summed E-state index contributed by atoms with van der Waals surface area (Å²) in [5, 5.41) is 5.95. The molecule has 3 rings (SSSR count). The summed E-state index contributed by atoms with van der Waals surface area (Å²) in [5.74, 6) is 0.842. The first-order valence-corrected chi connectivity index (χ1v) is 10.7. The van der Waals surface area contributed by atoms with Crippen LogP contribution in [-0.2, 0) is 22.7 Å². The van der Waals surface area contributed by atoms with Crippen molar-refractivity contribution >= 4 is 17.6 Å². The molecule has 1 unspecified atom stereocenters. The molecule has 0 radical (unpaired) electrons. The minimum atomic E-state index is -0.147. The molecule has 1 heterocycles. The minimum Gasteiger partial charge on any atom is -0.497 e. The van der Waals surface area contributed by atoms with Gasteiger partial charge in [0.25, 0.3) is 0 Å². The van der Waals surface area contributed by atoms with E-state index >= 15 is 0 Å². The van der Waals surface area contributed by atoms with Gasteiger partial charge in [-0.15, -0.1) is 0 Å². The first-order chi connectivity index (χ1) is 15.1. The Morgan fingerprint density at radius 3 is 2.61 bits per heavy atom. The van der Waals surface area contributed by atoms with Crippen LogP contribution >= 0.6 is 0 Å². The number of nitrogens with zero attached hydrogens (tertiary/aromatic N) is 1. The maximum absolute atomic E-state index is 12.7. The van der Waals surface area contributed by atoms with Gasteiger partial charge < -0.3 is 25.0 Å². The van der Waals surface area contributed by atoms with E-state index in [0.717, 1.165) is 35.4 Å². The number of methoxy groups -OCH3 is 1. The fraction of sp³-hybridized carbons (Fsp3) is 0.417. The van der Waals surface area contributed by atoms with Crippen LogP contribution in [0.1, 0.15) is 37.3 Å². The predicted octanol–water partition coefficient (Wildman–Crippen LogP) is 3.93. The van der Waals surface area contributed by atoms with Crippen LogP contribution in [0.4, 0.5) is 10.5 Å². The molecule has 2 aromatic rings. The van der Waals surface area contributed by atoms with Crippen molar-refractivity contribution in [3.05, 3.63) is 59.7 Å². The molecular formula is C24H31N3O4. The van der Waals surface area contributed by atoms with Crippen LogP contribution in [0, 0.1) is 0 Å². The highest BCUT2D eigenvalue weighted by Gasteiger charge is 2.24. The van der Waals surface area contributed by atoms with Crippen LogP contribution in [-0.4, -0.2) is 43.1 Å². The maximum Gasteiger partial charge on any atom is 0.321 e.